The van der Waals surface area contributed by atoms with Crippen molar-refractivity contribution in [2.75, 3.05) is 25.5 Å². The maximum absolute atomic E-state index is 14.1. The van der Waals surface area contributed by atoms with Crippen molar-refractivity contribution in [1.82, 2.24) is 30.0 Å². The molecule has 1 aliphatic rings. The number of aryl methyl sites for hydroxylation is 2. The molecule has 4 aromatic rings. The number of halogens is 3. The monoisotopic (exact) mass is 587 g/mol. The smallest absolute Gasteiger partial charge is 0.419 e. The van der Waals surface area contributed by atoms with Crippen LogP contribution >= 0.6 is 0 Å². The van der Waals surface area contributed by atoms with Crippen LogP contribution in [0.15, 0.2) is 29.0 Å². The average molecular weight is 588 g/mol. The van der Waals surface area contributed by atoms with Crippen molar-refractivity contribution in [2.24, 2.45) is 0 Å². The number of nitrogens with zero attached hydrogens (tertiary/aromatic N) is 5. The summed E-state index contributed by atoms with van der Waals surface area (Å²) in [4.78, 5) is 30.1. The highest BCUT2D eigenvalue weighted by molar-refractivity contribution is 5.94. The number of fused-ring (bicyclic) bond motifs is 1. The Morgan fingerprint density at radius 1 is 1.19 bits per heavy atom. The zero-order valence-corrected chi connectivity index (χ0v) is 24.1. The van der Waals surface area contributed by atoms with E-state index in [0.717, 1.165) is 11.8 Å². The number of likely N-dealkylation sites (tertiary alicyclic amines) is 1. The molecule has 11 nitrogen and oxygen atoms in total. The van der Waals surface area contributed by atoms with Crippen molar-refractivity contribution >= 4 is 23.1 Å². The number of rotatable bonds is 5. The van der Waals surface area contributed by atoms with Crippen LogP contribution in [0.25, 0.3) is 33.5 Å². The SMILES string of the molecule is CO[C@H]1CCN(C(=O)OC(C)(C)C)C[C@@H]1Nc1ncc(C(F)(F)F)c(-c2c[nH]c3nc(-c4c(C)noc4C)ccc23)n1. The highest BCUT2D eigenvalue weighted by atomic mass is 19.4. The molecular formula is C28H32F3N7O4. The van der Waals surface area contributed by atoms with Crippen LogP contribution in [0, 0.1) is 13.8 Å². The fourth-order valence-electron chi connectivity index (χ4n) is 5.06. The number of piperidine rings is 1. The van der Waals surface area contributed by atoms with E-state index in [1.165, 1.54) is 18.2 Å². The number of anilines is 1. The summed E-state index contributed by atoms with van der Waals surface area (Å²) in [6, 6.07) is 2.89. The molecule has 1 amide bonds. The first kappa shape index (κ1) is 29.3. The summed E-state index contributed by atoms with van der Waals surface area (Å²) < 4.78 is 58.8. The lowest BCUT2D eigenvalue weighted by Gasteiger charge is -2.38. The minimum absolute atomic E-state index is 0.0364. The van der Waals surface area contributed by atoms with Gasteiger partial charge < -0.3 is 29.2 Å². The number of carbonyl (C=O) groups excluding carboxylic acids is 1. The second-order valence-corrected chi connectivity index (χ2v) is 11.2. The molecule has 2 atom stereocenters. The van der Waals surface area contributed by atoms with E-state index >= 15 is 0 Å². The lowest BCUT2D eigenvalue weighted by molar-refractivity contribution is -0.137. The second kappa shape index (κ2) is 10.9. The van der Waals surface area contributed by atoms with Crippen LogP contribution in [0.1, 0.15) is 44.2 Å². The van der Waals surface area contributed by atoms with Crippen LogP contribution in [-0.4, -0.2) is 74.0 Å². The molecule has 0 unspecified atom stereocenters. The van der Waals surface area contributed by atoms with Gasteiger partial charge >= 0.3 is 12.3 Å². The van der Waals surface area contributed by atoms with Crippen LogP contribution in [0.2, 0.25) is 0 Å². The van der Waals surface area contributed by atoms with E-state index in [2.05, 4.69) is 30.4 Å². The quantitative estimate of drug-likeness (QED) is 0.300. The Hall–Kier alpha value is -4.20. The van der Waals surface area contributed by atoms with E-state index in [0.29, 0.717) is 41.1 Å². The number of ether oxygens (including phenoxy) is 2. The van der Waals surface area contributed by atoms with Gasteiger partial charge in [-0.1, -0.05) is 5.16 Å². The molecular weight excluding hydrogens is 555 g/mol. The van der Waals surface area contributed by atoms with Crippen molar-refractivity contribution in [3.8, 4) is 22.5 Å². The Labute approximate surface area is 239 Å². The first-order valence-electron chi connectivity index (χ1n) is 13.4. The van der Waals surface area contributed by atoms with Crippen molar-refractivity contribution < 1.29 is 32.0 Å². The van der Waals surface area contributed by atoms with E-state index in [9.17, 15) is 18.0 Å². The lowest BCUT2D eigenvalue weighted by atomic mass is 10.0. The highest BCUT2D eigenvalue weighted by Gasteiger charge is 2.38. The number of pyridine rings is 1. The van der Waals surface area contributed by atoms with Gasteiger partial charge in [0.15, 0.2) is 0 Å². The van der Waals surface area contributed by atoms with Crippen molar-refractivity contribution in [3.63, 3.8) is 0 Å². The molecule has 224 valence electrons. The molecule has 5 rings (SSSR count). The lowest BCUT2D eigenvalue weighted by Crippen LogP contribution is -2.53. The third-order valence-electron chi connectivity index (χ3n) is 7.00. The Kier molecular flexibility index (Phi) is 7.60. The van der Waals surface area contributed by atoms with Gasteiger partial charge in [-0.25, -0.2) is 19.7 Å². The van der Waals surface area contributed by atoms with Gasteiger partial charge in [-0.05, 0) is 53.2 Å². The number of alkyl halides is 3. The van der Waals surface area contributed by atoms with E-state index in [1.807, 2.05) is 0 Å². The fourth-order valence-corrected chi connectivity index (χ4v) is 5.06. The molecule has 1 saturated heterocycles. The van der Waals surface area contributed by atoms with Gasteiger partial charge in [0.25, 0.3) is 0 Å². The number of aromatic amines is 1. The Morgan fingerprint density at radius 2 is 1.95 bits per heavy atom. The molecule has 5 heterocycles. The number of nitrogens with one attached hydrogen (secondary N) is 2. The van der Waals surface area contributed by atoms with Crippen molar-refractivity contribution in [2.45, 2.75) is 65.0 Å². The van der Waals surface area contributed by atoms with Crippen LogP contribution in [0.4, 0.5) is 23.9 Å². The summed E-state index contributed by atoms with van der Waals surface area (Å²) in [5.74, 6) is 0.546. The van der Waals surface area contributed by atoms with Crippen molar-refractivity contribution in [3.05, 3.63) is 41.5 Å². The summed E-state index contributed by atoms with van der Waals surface area (Å²) in [7, 11) is 1.54. The van der Waals surface area contributed by atoms with E-state index in [-0.39, 0.29) is 29.9 Å². The molecule has 0 bridgehead atoms. The number of hydrogen-bond donors (Lipinski definition) is 2. The highest BCUT2D eigenvalue weighted by Crippen LogP contribution is 2.39. The number of H-pyrrole nitrogens is 1. The van der Waals surface area contributed by atoms with E-state index in [1.54, 1.807) is 46.8 Å². The third-order valence-corrected chi connectivity index (χ3v) is 7.00. The van der Waals surface area contributed by atoms with Crippen LogP contribution in [0.3, 0.4) is 0 Å². The molecule has 4 aromatic heterocycles. The predicted octanol–water partition coefficient (Wildman–Crippen LogP) is 5.75. The summed E-state index contributed by atoms with van der Waals surface area (Å²) in [5, 5.41) is 7.49. The number of amides is 1. The molecule has 0 aromatic carbocycles. The number of methoxy groups -OCH3 is 1. The van der Waals surface area contributed by atoms with Gasteiger partial charge in [-0.2, -0.15) is 13.2 Å². The van der Waals surface area contributed by atoms with E-state index < -0.39 is 29.5 Å². The standard InChI is InChI=1S/C28H32F3N7O4/c1-14-22(15(2)42-37-14)19-8-7-16-17(11-32-24(16)34-19)23-18(28(29,30)31)12-33-25(36-23)35-20-13-38(10-9-21(20)40-6)26(39)41-27(3,4)5/h7-8,11-12,20-21H,9-10,13H2,1-6H3,(H,32,34)(H,33,35,36)/t20-,21-/m0/s1. The van der Waals surface area contributed by atoms with E-state index in [4.69, 9.17) is 14.0 Å². The maximum atomic E-state index is 14.1. The summed E-state index contributed by atoms with van der Waals surface area (Å²) in [6.45, 7) is 9.47. The summed E-state index contributed by atoms with van der Waals surface area (Å²) in [6.07, 6.45) is -2.85. The Balaban J connectivity index is 1.49. The first-order chi connectivity index (χ1) is 19.7. The predicted molar refractivity (Wildman–Crippen MR) is 148 cm³/mol. The average Bonchev–Trinajstić information content (AvgIpc) is 3.48. The fraction of sp³-hybridized carbons (Fsp3) is 0.464. The summed E-state index contributed by atoms with van der Waals surface area (Å²) in [5.41, 5.74) is 0.554. The Bertz CT molecular complexity index is 1590. The number of hydrogen-bond acceptors (Lipinski definition) is 9. The normalized spacial score (nSPS) is 18.0. The largest absolute Gasteiger partial charge is 0.444 e. The van der Waals surface area contributed by atoms with Gasteiger partial charge in [0.1, 0.15) is 22.6 Å². The molecule has 42 heavy (non-hydrogen) atoms. The van der Waals surface area contributed by atoms with Gasteiger partial charge in [-0.15, -0.1) is 0 Å². The van der Waals surface area contributed by atoms with Gasteiger partial charge in [0.2, 0.25) is 5.95 Å². The molecule has 0 radical (unpaired) electrons. The first-order valence-corrected chi connectivity index (χ1v) is 13.4. The molecule has 1 aliphatic heterocycles. The molecule has 0 aliphatic carbocycles. The van der Waals surface area contributed by atoms with Gasteiger partial charge in [-0.3, -0.25) is 0 Å². The van der Waals surface area contributed by atoms with Gasteiger partial charge in [0.05, 0.1) is 34.8 Å². The molecule has 2 N–H and O–H groups in total. The minimum atomic E-state index is -4.71. The third kappa shape index (κ3) is 5.89. The zero-order valence-electron chi connectivity index (χ0n) is 24.1. The molecule has 1 fully saturated rings. The second-order valence-electron chi connectivity index (χ2n) is 11.2. The molecule has 0 spiro atoms. The van der Waals surface area contributed by atoms with Crippen LogP contribution in [-0.2, 0) is 15.7 Å². The van der Waals surface area contributed by atoms with Crippen LogP contribution < -0.4 is 5.32 Å². The van der Waals surface area contributed by atoms with Gasteiger partial charge in [0, 0.05) is 43.5 Å². The number of carbonyl (C=O) groups is 1. The summed E-state index contributed by atoms with van der Waals surface area (Å²) >= 11 is 0. The topological polar surface area (TPSA) is 131 Å². The van der Waals surface area contributed by atoms with Crippen molar-refractivity contribution in [1.29, 1.82) is 0 Å². The molecule has 0 saturated carbocycles. The molecule has 14 heteroatoms. The Morgan fingerprint density at radius 3 is 2.60 bits per heavy atom. The zero-order chi connectivity index (χ0) is 30.4. The van der Waals surface area contributed by atoms with Crippen LogP contribution in [0.5, 0.6) is 0 Å². The maximum Gasteiger partial charge on any atom is 0.419 e. The minimum Gasteiger partial charge on any atom is -0.444 e. The number of aromatic nitrogens is 5.